The minimum atomic E-state index is -0.417. The third-order valence-corrected chi connectivity index (χ3v) is 5.19. The van der Waals surface area contributed by atoms with E-state index in [1.54, 1.807) is 23.1 Å². The molecule has 164 valence electrons. The molecule has 7 nitrogen and oxygen atoms in total. The van der Waals surface area contributed by atoms with Crippen molar-refractivity contribution in [3.05, 3.63) is 108 Å². The van der Waals surface area contributed by atoms with Crippen molar-refractivity contribution in [2.75, 3.05) is 5.32 Å². The van der Waals surface area contributed by atoms with Crippen LogP contribution in [0.3, 0.4) is 0 Å². The van der Waals surface area contributed by atoms with Crippen molar-refractivity contribution in [3.8, 4) is 5.75 Å². The van der Waals surface area contributed by atoms with Crippen LogP contribution in [0.5, 0.6) is 5.75 Å². The fourth-order valence-electron chi connectivity index (χ4n) is 3.64. The van der Waals surface area contributed by atoms with Gasteiger partial charge in [0.05, 0.1) is 6.54 Å². The van der Waals surface area contributed by atoms with Crippen LogP contribution < -0.4 is 10.1 Å². The number of hydrogen-bond donors (Lipinski definition) is 1. The minimum absolute atomic E-state index is 0.168. The molecule has 0 bridgehead atoms. The molecule has 33 heavy (non-hydrogen) atoms. The van der Waals surface area contributed by atoms with E-state index in [2.05, 4.69) is 21.5 Å². The Kier molecular flexibility index (Phi) is 5.59. The van der Waals surface area contributed by atoms with Gasteiger partial charge in [-0.25, -0.2) is 9.67 Å². The van der Waals surface area contributed by atoms with E-state index in [0.717, 1.165) is 22.1 Å². The third-order valence-electron chi connectivity index (χ3n) is 5.19. The Morgan fingerprint density at radius 2 is 1.88 bits per heavy atom. The predicted molar refractivity (Wildman–Crippen MR) is 125 cm³/mol. The molecule has 1 N–H and O–H groups in total. The van der Waals surface area contributed by atoms with E-state index in [9.17, 15) is 4.79 Å². The maximum absolute atomic E-state index is 12.6. The first-order valence-corrected chi connectivity index (χ1v) is 10.6. The Hall–Kier alpha value is -4.39. The number of amides is 1. The molecule has 0 aliphatic rings. The van der Waals surface area contributed by atoms with E-state index in [0.29, 0.717) is 12.3 Å². The van der Waals surface area contributed by atoms with Gasteiger partial charge in [0.1, 0.15) is 24.4 Å². The van der Waals surface area contributed by atoms with E-state index < -0.39 is 5.91 Å². The van der Waals surface area contributed by atoms with E-state index in [-0.39, 0.29) is 18.3 Å². The molecule has 3 aromatic carbocycles. The maximum atomic E-state index is 12.6. The van der Waals surface area contributed by atoms with Crippen LogP contribution in [0.25, 0.3) is 10.8 Å². The Balaban J connectivity index is 1.20. The molecule has 1 amide bonds. The van der Waals surface area contributed by atoms with Crippen LogP contribution in [0.2, 0.25) is 0 Å². The number of aryl methyl sites for hydroxylation is 1. The van der Waals surface area contributed by atoms with E-state index in [4.69, 9.17) is 9.15 Å². The van der Waals surface area contributed by atoms with Gasteiger partial charge in [-0.15, -0.1) is 5.10 Å². The summed E-state index contributed by atoms with van der Waals surface area (Å²) in [5.74, 6) is 1.28. The number of fused-ring (bicyclic) bond motifs is 1. The van der Waals surface area contributed by atoms with Crippen molar-refractivity contribution in [2.45, 2.75) is 20.1 Å². The normalized spacial score (nSPS) is 10.9. The first-order chi connectivity index (χ1) is 16.1. The number of nitrogens with zero attached hydrogens (tertiary/aromatic N) is 3. The van der Waals surface area contributed by atoms with Gasteiger partial charge in [-0.1, -0.05) is 66.2 Å². The number of carbonyl (C=O) groups excluding carboxylic acids is 1. The van der Waals surface area contributed by atoms with Gasteiger partial charge >= 0.3 is 0 Å². The van der Waals surface area contributed by atoms with Gasteiger partial charge < -0.3 is 9.15 Å². The average molecular weight is 438 g/mol. The summed E-state index contributed by atoms with van der Waals surface area (Å²) in [5, 5.41) is 9.12. The lowest BCUT2D eigenvalue weighted by atomic mass is 10.1. The highest BCUT2D eigenvalue weighted by Crippen LogP contribution is 2.26. The number of anilines is 1. The molecule has 0 spiro atoms. The van der Waals surface area contributed by atoms with E-state index in [1.165, 1.54) is 5.56 Å². The second-order valence-electron chi connectivity index (χ2n) is 7.74. The molecule has 2 heterocycles. The number of aromatic nitrogens is 3. The molecule has 0 atom stereocenters. The second-order valence-corrected chi connectivity index (χ2v) is 7.74. The molecule has 0 unspecified atom stereocenters. The largest absolute Gasteiger partial charge is 0.485 e. The Morgan fingerprint density at radius 1 is 1.03 bits per heavy atom. The van der Waals surface area contributed by atoms with Crippen molar-refractivity contribution in [3.63, 3.8) is 0 Å². The summed E-state index contributed by atoms with van der Waals surface area (Å²) in [6, 6.07) is 25.4. The molecule has 2 aromatic heterocycles. The summed E-state index contributed by atoms with van der Waals surface area (Å²) in [6.45, 7) is 2.83. The highest BCUT2D eigenvalue weighted by atomic mass is 16.5. The molecular formula is C26H22N4O3. The Bertz CT molecular complexity index is 1410. The van der Waals surface area contributed by atoms with Crippen LogP contribution in [0, 0.1) is 6.92 Å². The van der Waals surface area contributed by atoms with Gasteiger partial charge in [-0.2, -0.15) is 0 Å². The number of hydrogen-bond acceptors (Lipinski definition) is 5. The fraction of sp³-hybridized carbons (Fsp3) is 0.115. The van der Waals surface area contributed by atoms with Gasteiger partial charge in [0.15, 0.2) is 5.76 Å². The highest BCUT2D eigenvalue weighted by molar-refractivity contribution is 6.01. The fourth-order valence-corrected chi connectivity index (χ4v) is 3.64. The average Bonchev–Trinajstić information content (AvgIpc) is 3.47. The number of carbonyl (C=O) groups is 1. The second kappa shape index (κ2) is 9.00. The lowest BCUT2D eigenvalue weighted by molar-refractivity contribution is 0.0991. The van der Waals surface area contributed by atoms with Crippen LogP contribution in [0.1, 0.15) is 27.4 Å². The van der Waals surface area contributed by atoms with Gasteiger partial charge in [0, 0.05) is 5.39 Å². The lowest BCUT2D eigenvalue weighted by Crippen LogP contribution is -2.12. The highest BCUT2D eigenvalue weighted by Gasteiger charge is 2.14. The SMILES string of the molecule is Cc1cccc(Cn2cnc(NC(=O)c3ccc(COc4cccc5ccccc45)o3)n2)c1. The summed E-state index contributed by atoms with van der Waals surface area (Å²) in [4.78, 5) is 16.7. The van der Waals surface area contributed by atoms with Crippen LogP contribution in [0.15, 0.2) is 89.6 Å². The first-order valence-electron chi connectivity index (χ1n) is 10.6. The summed E-state index contributed by atoms with van der Waals surface area (Å²) in [7, 11) is 0. The number of rotatable bonds is 7. The molecule has 0 radical (unpaired) electrons. The van der Waals surface area contributed by atoms with Gasteiger partial charge in [-0.3, -0.25) is 10.1 Å². The zero-order chi connectivity index (χ0) is 22.6. The molecule has 5 rings (SSSR count). The zero-order valence-corrected chi connectivity index (χ0v) is 18.1. The number of ether oxygens (including phenoxy) is 1. The maximum Gasteiger partial charge on any atom is 0.293 e. The molecule has 0 saturated heterocycles. The van der Waals surface area contributed by atoms with Crippen molar-refractivity contribution >= 4 is 22.6 Å². The number of benzene rings is 3. The van der Waals surface area contributed by atoms with Crippen molar-refractivity contribution in [2.24, 2.45) is 0 Å². The molecule has 0 saturated carbocycles. The van der Waals surface area contributed by atoms with Crippen molar-refractivity contribution in [1.82, 2.24) is 14.8 Å². The summed E-state index contributed by atoms with van der Waals surface area (Å²) in [5.41, 5.74) is 2.29. The van der Waals surface area contributed by atoms with Crippen LogP contribution in [-0.2, 0) is 13.2 Å². The van der Waals surface area contributed by atoms with Crippen molar-refractivity contribution < 1.29 is 13.9 Å². The van der Waals surface area contributed by atoms with Crippen LogP contribution in [-0.4, -0.2) is 20.7 Å². The third kappa shape index (κ3) is 4.77. The first kappa shape index (κ1) is 20.5. The van der Waals surface area contributed by atoms with Crippen molar-refractivity contribution in [1.29, 1.82) is 0 Å². The number of nitrogens with one attached hydrogen (secondary N) is 1. The zero-order valence-electron chi connectivity index (χ0n) is 18.1. The topological polar surface area (TPSA) is 82.2 Å². The number of furan rings is 1. The monoisotopic (exact) mass is 438 g/mol. The molecule has 0 aliphatic heterocycles. The molecule has 0 aliphatic carbocycles. The van der Waals surface area contributed by atoms with Gasteiger partial charge in [0.2, 0.25) is 5.95 Å². The Labute approximate surface area is 190 Å². The van der Waals surface area contributed by atoms with Gasteiger partial charge in [0.25, 0.3) is 5.91 Å². The lowest BCUT2D eigenvalue weighted by Gasteiger charge is -2.07. The minimum Gasteiger partial charge on any atom is -0.485 e. The standard InChI is InChI=1S/C26H22N4O3/c1-18-6-4-7-19(14-18)15-30-17-27-26(29-30)28-25(31)24-13-12-21(33-24)16-32-23-11-5-9-20-8-2-3-10-22(20)23/h2-14,17H,15-16H2,1H3,(H,28,29,31). The summed E-state index contributed by atoms with van der Waals surface area (Å²) >= 11 is 0. The quantitative estimate of drug-likeness (QED) is 0.377. The van der Waals surface area contributed by atoms with Crippen LogP contribution >= 0.6 is 0 Å². The van der Waals surface area contributed by atoms with Gasteiger partial charge in [-0.05, 0) is 36.1 Å². The smallest absolute Gasteiger partial charge is 0.293 e. The van der Waals surface area contributed by atoms with E-state index >= 15 is 0 Å². The molecule has 5 aromatic rings. The van der Waals surface area contributed by atoms with E-state index in [1.807, 2.05) is 67.6 Å². The molecule has 0 fully saturated rings. The van der Waals surface area contributed by atoms with Crippen LogP contribution in [0.4, 0.5) is 5.95 Å². The Morgan fingerprint density at radius 3 is 2.79 bits per heavy atom. The predicted octanol–water partition coefficient (Wildman–Crippen LogP) is 5.21. The summed E-state index contributed by atoms with van der Waals surface area (Å²) in [6.07, 6.45) is 1.59. The molecule has 7 heteroatoms. The summed E-state index contributed by atoms with van der Waals surface area (Å²) < 4.78 is 13.3. The molecular weight excluding hydrogens is 416 g/mol.